The van der Waals surface area contributed by atoms with Crippen molar-refractivity contribution in [1.29, 1.82) is 0 Å². The average molecular weight is 462 g/mol. The molecule has 10 nitrogen and oxygen atoms in total. The van der Waals surface area contributed by atoms with Gasteiger partial charge in [0.05, 0.1) is 24.3 Å². The molecule has 4 heterocycles. The number of fused-ring (bicyclic) bond motifs is 1. The van der Waals surface area contributed by atoms with Crippen molar-refractivity contribution in [2.75, 3.05) is 23.3 Å². The number of para-hydroxylation sites is 1. The molecule has 34 heavy (non-hydrogen) atoms. The summed E-state index contributed by atoms with van der Waals surface area (Å²) in [4.78, 5) is 16.6. The van der Waals surface area contributed by atoms with Crippen LogP contribution in [-0.2, 0) is 13.2 Å². The summed E-state index contributed by atoms with van der Waals surface area (Å²) >= 11 is 0. The van der Waals surface area contributed by atoms with Crippen molar-refractivity contribution >= 4 is 22.9 Å². The summed E-state index contributed by atoms with van der Waals surface area (Å²) in [6.07, 6.45) is 5.55. The van der Waals surface area contributed by atoms with E-state index in [0.29, 0.717) is 24.0 Å². The molecule has 4 aromatic rings. The quantitative estimate of drug-likeness (QED) is 0.384. The van der Waals surface area contributed by atoms with Crippen LogP contribution in [0.15, 0.2) is 42.9 Å². The third-order valence-corrected chi connectivity index (χ3v) is 6.28. The van der Waals surface area contributed by atoms with Gasteiger partial charge in [-0.1, -0.05) is 18.2 Å². The molecule has 1 aliphatic rings. The molecule has 0 spiro atoms. The number of hydrogen-bond donors (Lipinski definition) is 3. The minimum atomic E-state index is -0.0883. The molecule has 4 N–H and O–H groups in total. The Labute approximate surface area is 198 Å². The molecule has 1 aromatic carbocycles. The number of aliphatic hydroxyl groups is 1. The summed E-state index contributed by atoms with van der Waals surface area (Å²) in [6, 6.07) is 10.3. The molecule has 0 aliphatic carbocycles. The van der Waals surface area contributed by atoms with E-state index < -0.39 is 0 Å². The van der Waals surface area contributed by atoms with E-state index in [9.17, 15) is 5.11 Å². The van der Waals surface area contributed by atoms with Crippen molar-refractivity contribution in [3.05, 3.63) is 54.1 Å². The Morgan fingerprint density at radius 2 is 1.94 bits per heavy atom. The summed E-state index contributed by atoms with van der Waals surface area (Å²) in [7, 11) is 0. The molecule has 1 saturated heterocycles. The van der Waals surface area contributed by atoms with Crippen molar-refractivity contribution in [3.63, 3.8) is 0 Å². The lowest BCUT2D eigenvalue weighted by atomic mass is 10.1. The molecular weight excluding hydrogens is 430 g/mol. The number of benzene rings is 1. The van der Waals surface area contributed by atoms with Crippen molar-refractivity contribution in [2.45, 2.75) is 51.9 Å². The van der Waals surface area contributed by atoms with Gasteiger partial charge in [0.2, 0.25) is 5.95 Å². The fourth-order valence-electron chi connectivity index (χ4n) is 4.29. The standard InChI is InChI=1S/C24H31N9O/c1-16(2)32-15-27-21-22(28-24(29-23(21)32)31-10-7-18(25)8-11-31)26-13-17-5-3-4-6-20(17)33-12-9-19(14-34)30-33/h3-6,9,12,15-16,18,34H,7-8,10-11,13-14,25H2,1-2H3,(H,26,28,29). The topological polar surface area (TPSA) is 123 Å². The Bertz CT molecular complexity index is 1270. The number of aromatic nitrogens is 6. The van der Waals surface area contributed by atoms with Crippen LogP contribution >= 0.6 is 0 Å². The fraction of sp³-hybridized carbons (Fsp3) is 0.417. The summed E-state index contributed by atoms with van der Waals surface area (Å²) in [5, 5.41) is 17.3. The second-order valence-corrected chi connectivity index (χ2v) is 9.01. The first-order valence-corrected chi connectivity index (χ1v) is 11.8. The molecule has 0 bridgehead atoms. The van der Waals surface area contributed by atoms with Gasteiger partial charge in [-0.3, -0.25) is 0 Å². The number of nitrogens with two attached hydrogens (primary N) is 1. The fourth-order valence-corrected chi connectivity index (χ4v) is 4.29. The maximum atomic E-state index is 9.39. The van der Waals surface area contributed by atoms with E-state index in [-0.39, 0.29) is 18.7 Å². The Kier molecular flexibility index (Phi) is 6.16. The zero-order valence-corrected chi connectivity index (χ0v) is 19.6. The van der Waals surface area contributed by atoms with Crippen molar-refractivity contribution in [3.8, 4) is 5.69 Å². The summed E-state index contributed by atoms with van der Waals surface area (Å²) in [5.74, 6) is 1.41. The maximum absolute atomic E-state index is 9.39. The van der Waals surface area contributed by atoms with Gasteiger partial charge in [0, 0.05) is 37.9 Å². The zero-order chi connectivity index (χ0) is 23.7. The molecule has 178 valence electrons. The number of anilines is 2. The SMILES string of the molecule is CC(C)n1cnc2c(NCc3ccccc3-n3ccc(CO)n3)nc(N3CCC(N)CC3)nc21. The van der Waals surface area contributed by atoms with E-state index in [0.717, 1.165) is 48.3 Å². The largest absolute Gasteiger partial charge is 0.390 e. The molecule has 0 radical (unpaired) electrons. The Balaban J connectivity index is 1.48. The van der Waals surface area contributed by atoms with E-state index in [1.54, 1.807) is 4.68 Å². The summed E-state index contributed by atoms with van der Waals surface area (Å²) in [5.41, 5.74) is 10.3. The molecule has 0 saturated carbocycles. The van der Waals surface area contributed by atoms with Crippen LogP contribution in [0.25, 0.3) is 16.9 Å². The second-order valence-electron chi connectivity index (χ2n) is 9.01. The van der Waals surface area contributed by atoms with Gasteiger partial charge in [0.25, 0.3) is 0 Å². The molecule has 1 fully saturated rings. The normalized spacial score (nSPS) is 14.9. The van der Waals surface area contributed by atoms with Crippen LogP contribution in [0.4, 0.5) is 11.8 Å². The Hall–Kier alpha value is -3.50. The van der Waals surface area contributed by atoms with Crippen molar-refractivity contribution in [1.82, 2.24) is 29.3 Å². The van der Waals surface area contributed by atoms with Crippen LogP contribution in [0.2, 0.25) is 0 Å². The van der Waals surface area contributed by atoms with E-state index in [1.165, 1.54) is 0 Å². The summed E-state index contributed by atoms with van der Waals surface area (Å²) < 4.78 is 3.86. The molecule has 10 heteroatoms. The number of rotatable bonds is 7. The molecule has 0 atom stereocenters. The highest BCUT2D eigenvalue weighted by atomic mass is 16.3. The maximum Gasteiger partial charge on any atom is 0.229 e. The highest BCUT2D eigenvalue weighted by Crippen LogP contribution is 2.27. The third-order valence-electron chi connectivity index (χ3n) is 6.28. The molecule has 1 aliphatic heterocycles. The predicted molar refractivity (Wildman–Crippen MR) is 132 cm³/mol. The number of imidazole rings is 1. The van der Waals surface area contributed by atoms with Crippen LogP contribution in [0.1, 0.15) is 44.0 Å². The van der Waals surface area contributed by atoms with Gasteiger partial charge < -0.3 is 25.6 Å². The van der Waals surface area contributed by atoms with E-state index >= 15 is 0 Å². The molecule has 3 aromatic heterocycles. The van der Waals surface area contributed by atoms with Gasteiger partial charge in [0.15, 0.2) is 17.0 Å². The first-order valence-electron chi connectivity index (χ1n) is 11.8. The first kappa shape index (κ1) is 22.3. The Morgan fingerprint density at radius 3 is 2.68 bits per heavy atom. The van der Waals surface area contributed by atoms with Crippen LogP contribution in [0, 0.1) is 0 Å². The highest BCUT2D eigenvalue weighted by molar-refractivity contribution is 5.84. The van der Waals surface area contributed by atoms with Gasteiger partial charge in [-0.25, -0.2) is 9.67 Å². The minimum Gasteiger partial charge on any atom is -0.390 e. The molecule has 5 rings (SSSR count). The second kappa shape index (κ2) is 9.40. The average Bonchev–Trinajstić information content (AvgIpc) is 3.50. The highest BCUT2D eigenvalue weighted by Gasteiger charge is 2.22. The van der Waals surface area contributed by atoms with Gasteiger partial charge in [0.1, 0.15) is 0 Å². The molecule has 0 amide bonds. The Morgan fingerprint density at radius 1 is 1.15 bits per heavy atom. The number of aliphatic hydroxyl groups excluding tert-OH is 1. The number of nitrogens with one attached hydrogen (secondary N) is 1. The van der Waals surface area contributed by atoms with Crippen LogP contribution in [0.3, 0.4) is 0 Å². The molecule has 0 unspecified atom stereocenters. The lowest BCUT2D eigenvalue weighted by Gasteiger charge is -2.30. The number of piperidine rings is 1. The summed E-state index contributed by atoms with van der Waals surface area (Å²) in [6.45, 7) is 6.38. The van der Waals surface area contributed by atoms with Crippen LogP contribution in [-0.4, -0.2) is 53.5 Å². The number of nitrogens with zero attached hydrogens (tertiary/aromatic N) is 7. The first-order chi connectivity index (χ1) is 16.5. The lowest BCUT2D eigenvalue weighted by Crippen LogP contribution is -2.40. The molecular formula is C24H31N9O. The van der Waals surface area contributed by atoms with Gasteiger partial charge in [-0.2, -0.15) is 15.1 Å². The zero-order valence-electron chi connectivity index (χ0n) is 19.6. The van der Waals surface area contributed by atoms with Crippen LogP contribution < -0.4 is 16.0 Å². The monoisotopic (exact) mass is 461 g/mol. The minimum absolute atomic E-state index is 0.0883. The third kappa shape index (κ3) is 4.34. The number of hydrogen-bond acceptors (Lipinski definition) is 8. The van der Waals surface area contributed by atoms with Crippen molar-refractivity contribution in [2.24, 2.45) is 5.73 Å². The lowest BCUT2D eigenvalue weighted by molar-refractivity contribution is 0.276. The van der Waals surface area contributed by atoms with E-state index in [1.807, 2.05) is 36.8 Å². The van der Waals surface area contributed by atoms with Gasteiger partial charge in [-0.05, 0) is 44.4 Å². The van der Waals surface area contributed by atoms with E-state index in [2.05, 4.69) is 44.8 Å². The van der Waals surface area contributed by atoms with E-state index in [4.69, 9.17) is 15.7 Å². The van der Waals surface area contributed by atoms with Gasteiger partial charge >= 0.3 is 0 Å². The van der Waals surface area contributed by atoms with Crippen LogP contribution in [0.5, 0.6) is 0 Å². The predicted octanol–water partition coefficient (Wildman–Crippen LogP) is 2.62. The van der Waals surface area contributed by atoms with Crippen molar-refractivity contribution < 1.29 is 5.11 Å². The smallest absolute Gasteiger partial charge is 0.229 e. The van der Waals surface area contributed by atoms with Gasteiger partial charge in [-0.15, -0.1) is 0 Å².